The highest BCUT2D eigenvalue weighted by atomic mass is 35.5. The van der Waals surface area contributed by atoms with Gasteiger partial charge in [-0.3, -0.25) is 0 Å². The van der Waals surface area contributed by atoms with Crippen molar-refractivity contribution >= 4 is 17.6 Å². The molecule has 3 nitrogen and oxygen atoms in total. The van der Waals surface area contributed by atoms with Gasteiger partial charge in [-0.15, -0.1) is 0 Å². The Hall–Kier alpha value is -1.84. The number of aromatic carboxylic acids is 1. The molecule has 20 heavy (non-hydrogen) atoms. The predicted molar refractivity (Wildman–Crippen MR) is 80.1 cm³/mol. The molecule has 0 bridgehead atoms. The van der Waals surface area contributed by atoms with Crippen molar-refractivity contribution in [1.29, 1.82) is 0 Å². The number of hydrogen-bond acceptors (Lipinski definition) is 2. The zero-order valence-corrected chi connectivity index (χ0v) is 11.9. The standard InChI is InChI=1S/C16H16ClNO2/c1-11(13-6-8-15(17)9-7-13)18-10-12-2-4-14(5-3-12)16(19)20/h2-9,11,18H,10H2,1H3,(H,19,20)/t11-/m1/s1. The minimum atomic E-state index is -0.904. The molecule has 0 aliphatic heterocycles. The summed E-state index contributed by atoms with van der Waals surface area (Å²) in [6.07, 6.45) is 0. The highest BCUT2D eigenvalue weighted by Gasteiger charge is 2.05. The van der Waals surface area contributed by atoms with Crippen molar-refractivity contribution in [3.05, 3.63) is 70.2 Å². The summed E-state index contributed by atoms with van der Waals surface area (Å²) in [4.78, 5) is 10.8. The number of halogens is 1. The van der Waals surface area contributed by atoms with Crippen molar-refractivity contribution in [3.63, 3.8) is 0 Å². The first kappa shape index (κ1) is 14.6. The quantitative estimate of drug-likeness (QED) is 0.878. The second-order valence-electron chi connectivity index (χ2n) is 4.66. The van der Waals surface area contributed by atoms with Crippen LogP contribution in [0.2, 0.25) is 5.02 Å². The van der Waals surface area contributed by atoms with Gasteiger partial charge in [0.2, 0.25) is 0 Å². The SMILES string of the molecule is C[C@@H](NCc1ccc(C(=O)O)cc1)c1ccc(Cl)cc1. The molecule has 4 heteroatoms. The van der Waals surface area contributed by atoms with Crippen LogP contribution in [0.1, 0.15) is 34.5 Å². The van der Waals surface area contributed by atoms with E-state index in [4.69, 9.17) is 16.7 Å². The Labute approximate surface area is 123 Å². The lowest BCUT2D eigenvalue weighted by molar-refractivity contribution is 0.0697. The maximum atomic E-state index is 10.8. The Balaban J connectivity index is 1.94. The number of benzene rings is 2. The summed E-state index contributed by atoms with van der Waals surface area (Å²) in [6, 6.07) is 14.8. The Bertz CT molecular complexity index is 578. The fourth-order valence-electron chi connectivity index (χ4n) is 1.91. The zero-order chi connectivity index (χ0) is 14.5. The molecule has 2 aromatic carbocycles. The molecule has 104 valence electrons. The van der Waals surface area contributed by atoms with Gasteiger partial charge in [0.1, 0.15) is 0 Å². The molecule has 0 unspecified atom stereocenters. The van der Waals surface area contributed by atoms with Crippen molar-refractivity contribution in [3.8, 4) is 0 Å². The lowest BCUT2D eigenvalue weighted by Gasteiger charge is -2.14. The van der Waals surface area contributed by atoms with Crippen LogP contribution >= 0.6 is 11.6 Å². The summed E-state index contributed by atoms with van der Waals surface area (Å²) in [5.41, 5.74) is 2.52. The van der Waals surface area contributed by atoms with Crippen molar-refractivity contribution in [2.75, 3.05) is 0 Å². The van der Waals surface area contributed by atoms with Crippen LogP contribution in [0.3, 0.4) is 0 Å². The fraction of sp³-hybridized carbons (Fsp3) is 0.188. The van der Waals surface area contributed by atoms with Gasteiger partial charge in [-0.05, 0) is 42.3 Å². The number of rotatable bonds is 5. The number of hydrogen-bond donors (Lipinski definition) is 2. The third-order valence-corrected chi connectivity index (χ3v) is 3.44. The average molecular weight is 290 g/mol. The van der Waals surface area contributed by atoms with Crippen LogP contribution in [0.25, 0.3) is 0 Å². The van der Waals surface area contributed by atoms with E-state index in [1.54, 1.807) is 12.1 Å². The van der Waals surface area contributed by atoms with Crippen LogP contribution < -0.4 is 5.32 Å². The van der Waals surface area contributed by atoms with Gasteiger partial charge in [-0.25, -0.2) is 4.79 Å². The highest BCUT2D eigenvalue weighted by Crippen LogP contribution is 2.16. The molecule has 0 amide bonds. The monoisotopic (exact) mass is 289 g/mol. The minimum Gasteiger partial charge on any atom is -0.478 e. The molecule has 0 fully saturated rings. The summed E-state index contributed by atoms with van der Waals surface area (Å²) >= 11 is 5.86. The van der Waals surface area contributed by atoms with Gasteiger partial charge in [-0.2, -0.15) is 0 Å². The third kappa shape index (κ3) is 3.83. The highest BCUT2D eigenvalue weighted by molar-refractivity contribution is 6.30. The molecule has 0 radical (unpaired) electrons. The molecule has 2 aromatic rings. The van der Waals surface area contributed by atoms with Crippen LogP contribution in [0, 0.1) is 0 Å². The van der Waals surface area contributed by atoms with E-state index >= 15 is 0 Å². The van der Waals surface area contributed by atoms with Gasteiger partial charge >= 0.3 is 5.97 Å². The van der Waals surface area contributed by atoms with E-state index in [0.29, 0.717) is 12.1 Å². The average Bonchev–Trinajstić information content (AvgIpc) is 2.46. The van der Waals surface area contributed by atoms with Crippen LogP contribution in [0.4, 0.5) is 0 Å². The molecule has 0 saturated carbocycles. The van der Waals surface area contributed by atoms with Crippen molar-refractivity contribution < 1.29 is 9.90 Å². The molecule has 0 saturated heterocycles. The lowest BCUT2D eigenvalue weighted by Crippen LogP contribution is -2.18. The van der Waals surface area contributed by atoms with Gasteiger partial charge in [0.25, 0.3) is 0 Å². The largest absolute Gasteiger partial charge is 0.478 e. The van der Waals surface area contributed by atoms with Crippen molar-refractivity contribution in [2.45, 2.75) is 19.5 Å². The van der Waals surface area contributed by atoms with E-state index in [9.17, 15) is 4.79 Å². The first-order valence-corrected chi connectivity index (χ1v) is 6.75. The third-order valence-electron chi connectivity index (χ3n) is 3.18. The van der Waals surface area contributed by atoms with Gasteiger partial charge < -0.3 is 10.4 Å². The number of carbonyl (C=O) groups is 1. The molecule has 0 aromatic heterocycles. The van der Waals surface area contributed by atoms with Crippen molar-refractivity contribution in [2.24, 2.45) is 0 Å². The summed E-state index contributed by atoms with van der Waals surface area (Å²) in [7, 11) is 0. The Morgan fingerprint density at radius 3 is 2.30 bits per heavy atom. The van der Waals surface area contributed by atoms with Gasteiger partial charge in [0.15, 0.2) is 0 Å². The first-order chi connectivity index (χ1) is 9.56. The van der Waals surface area contributed by atoms with Crippen LogP contribution in [0.15, 0.2) is 48.5 Å². The smallest absolute Gasteiger partial charge is 0.335 e. The normalized spacial score (nSPS) is 12.1. The molecule has 1 atom stereocenters. The molecule has 0 spiro atoms. The van der Waals surface area contributed by atoms with Crippen LogP contribution in [-0.2, 0) is 6.54 Å². The van der Waals surface area contributed by atoms with Gasteiger partial charge in [0, 0.05) is 17.6 Å². The molecular weight excluding hydrogens is 274 g/mol. The minimum absolute atomic E-state index is 0.200. The summed E-state index contributed by atoms with van der Waals surface area (Å²) in [6.45, 7) is 2.76. The van der Waals surface area contributed by atoms with E-state index in [2.05, 4.69) is 12.2 Å². The fourth-order valence-corrected chi connectivity index (χ4v) is 2.03. The molecule has 0 aliphatic rings. The zero-order valence-electron chi connectivity index (χ0n) is 11.1. The molecule has 2 rings (SSSR count). The predicted octanol–water partition coefficient (Wildman–Crippen LogP) is 3.89. The molecule has 0 aliphatic carbocycles. The maximum absolute atomic E-state index is 10.8. The maximum Gasteiger partial charge on any atom is 0.335 e. The van der Waals surface area contributed by atoms with E-state index in [0.717, 1.165) is 16.1 Å². The Morgan fingerprint density at radius 2 is 1.75 bits per heavy atom. The number of nitrogens with one attached hydrogen (secondary N) is 1. The number of carboxylic acids is 1. The first-order valence-electron chi connectivity index (χ1n) is 6.37. The van der Waals surface area contributed by atoms with Crippen molar-refractivity contribution in [1.82, 2.24) is 5.32 Å². The van der Waals surface area contributed by atoms with Gasteiger partial charge in [0.05, 0.1) is 5.56 Å². The lowest BCUT2D eigenvalue weighted by atomic mass is 10.1. The van der Waals surface area contributed by atoms with Crippen LogP contribution in [0.5, 0.6) is 0 Å². The summed E-state index contributed by atoms with van der Waals surface area (Å²) in [5, 5.41) is 13.0. The number of carboxylic acid groups (broad SMARTS) is 1. The second-order valence-corrected chi connectivity index (χ2v) is 5.09. The molecule has 2 N–H and O–H groups in total. The Morgan fingerprint density at radius 1 is 1.15 bits per heavy atom. The van der Waals surface area contributed by atoms with E-state index in [1.165, 1.54) is 0 Å². The summed E-state index contributed by atoms with van der Waals surface area (Å²) < 4.78 is 0. The van der Waals surface area contributed by atoms with E-state index < -0.39 is 5.97 Å². The Kier molecular flexibility index (Phi) is 4.77. The van der Waals surface area contributed by atoms with Gasteiger partial charge in [-0.1, -0.05) is 35.9 Å². The van der Waals surface area contributed by atoms with E-state index in [1.807, 2.05) is 36.4 Å². The second kappa shape index (κ2) is 6.55. The topological polar surface area (TPSA) is 49.3 Å². The molecular formula is C16H16ClNO2. The summed E-state index contributed by atoms with van der Waals surface area (Å²) in [5.74, 6) is -0.904. The van der Waals surface area contributed by atoms with E-state index in [-0.39, 0.29) is 6.04 Å². The van der Waals surface area contributed by atoms with Crippen LogP contribution in [-0.4, -0.2) is 11.1 Å². The molecule has 0 heterocycles.